The highest BCUT2D eigenvalue weighted by Crippen LogP contribution is 2.48. The maximum absolute atomic E-state index is 9.86. The molecule has 1 aromatic carbocycles. The highest BCUT2D eigenvalue weighted by Gasteiger charge is 2.40. The lowest BCUT2D eigenvalue weighted by molar-refractivity contribution is -0.105. The molecule has 0 radical (unpaired) electrons. The number of anilines is 1. The molecule has 88 valence electrons. The van der Waals surface area contributed by atoms with Gasteiger partial charge in [-0.25, -0.2) is 0 Å². The predicted octanol–water partition coefficient (Wildman–Crippen LogP) is 2.79. The molecular formula is C12H18N2OS. The number of nitrogens with one attached hydrogen (secondary N) is 1. The highest BCUT2D eigenvalue weighted by molar-refractivity contribution is 7.98. The maximum atomic E-state index is 9.86. The Morgan fingerprint density at radius 3 is 2.38 bits per heavy atom. The fourth-order valence-corrected chi connectivity index (χ4v) is 1.80. The van der Waals surface area contributed by atoms with Gasteiger partial charge in [-0.3, -0.25) is 9.93 Å². The van der Waals surface area contributed by atoms with Crippen molar-refractivity contribution in [2.24, 2.45) is 5.14 Å². The molecule has 0 saturated heterocycles. The van der Waals surface area contributed by atoms with E-state index < -0.39 is 0 Å². The van der Waals surface area contributed by atoms with Crippen molar-refractivity contribution in [1.29, 1.82) is 0 Å². The number of carbonyl (C=O) groups excluding carboxylic acids is 1. The summed E-state index contributed by atoms with van der Waals surface area (Å²) in [5, 5.41) is 7.92. The first-order chi connectivity index (χ1) is 7.76. The number of hydrogen-bond acceptors (Lipinski definition) is 3. The van der Waals surface area contributed by atoms with Crippen LogP contribution in [0.25, 0.3) is 0 Å². The van der Waals surface area contributed by atoms with Crippen LogP contribution in [0.3, 0.4) is 0 Å². The van der Waals surface area contributed by atoms with Crippen molar-refractivity contribution >= 4 is 24.0 Å². The van der Waals surface area contributed by atoms with Gasteiger partial charge in [0.1, 0.15) is 0 Å². The van der Waals surface area contributed by atoms with Gasteiger partial charge in [0.25, 0.3) is 0 Å². The SMILES string of the molecule is CCC1(SN)CC1.O=CNc1ccccc1. The lowest BCUT2D eigenvalue weighted by atomic mass is 10.3. The minimum Gasteiger partial charge on any atom is -0.329 e. The molecule has 2 rings (SSSR count). The zero-order valence-corrected chi connectivity index (χ0v) is 10.3. The second-order valence-electron chi connectivity index (χ2n) is 3.78. The van der Waals surface area contributed by atoms with E-state index in [2.05, 4.69) is 12.2 Å². The van der Waals surface area contributed by atoms with Gasteiger partial charge in [-0.05, 0) is 31.4 Å². The summed E-state index contributed by atoms with van der Waals surface area (Å²) >= 11 is 1.54. The third-order valence-corrected chi connectivity index (χ3v) is 3.90. The fraction of sp³-hybridized carbons (Fsp3) is 0.417. The quantitative estimate of drug-likeness (QED) is 0.626. The summed E-state index contributed by atoms with van der Waals surface area (Å²) in [5.41, 5.74) is 0.826. The Kier molecular flexibility index (Phi) is 5.35. The van der Waals surface area contributed by atoms with Crippen LogP contribution < -0.4 is 10.5 Å². The van der Waals surface area contributed by atoms with Crippen LogP contribution >= 0.6 is 11.9 Å². The largest absolute Gasteiger partial charge is 0.329 e. The zero-order valence-electron chi connectivity index (χ0n) is 9.48. The van der Waals surface area contributed by atoms with Crippen molar-refractivity contribution in [1.82, 2.24) is 0 Å². The van der Waals surface area contributed by atoms with Gasteiger partial charge in [0.15, 0.2) is 0 Å². The molecule has 0 spiro atoms. The highest BCUT2D eigenvalue weighted by atomic mass is 32.2. The second-order valence-corrected chi connectivity index (χ2v) is 4.88. The Balaban J connectivity index is 0.000000165. The standard InChI is InChI=1S/C7H7NO.C5H11NS/c9-6-8-7-4-2-1-3-5-7;1-2-5(7-6)3-4-5/h1-6H,(H,8,9);2-4,6H2,1H3. The molecule has 0 aromatic heterocycles. The van der Waals surface area contributed by atoms with Crippen molar-refractivity contribution in [3.8, 4) is 0 Å². The molecule has 1 aliphatic rings. The van der Waals surface area contributed by atoms with Crippen LogP contribution in [0.15, 0.2) is 30.3 Å². The zero-order chi connectivity index (χ0) is 11.9. The van der Waals surface area contributed by atoms with Gasteiger partial charge in [0.2, 0.25) is 6.41 Å². The van der Waals surface area contributed by atoms with E-state index in [1.807, 2.05) is 30.3 Å². The van der Waals surface area contributed by atoms with Crippen molar-refractivity contribution in [3.05, 3.63) is 30.3 Å². The molecule has 3 N–H and O–H groups in total. The summed E-state index contributed by atoms with van der Waals surface area (Å²) in [4.78, 5) is 9.86. The molecule has 1 saturated carbocycles. The van der Waals surface area contributed by atoms with Crippen molar-refractivity contribution in [3.63, 3.8) is 0 Å². The van der Waals surface area contributed by atoms with E-state index in [0.717, 1.165) is 5.69 Å². The number of nitrogens with two attached hydrogens (primary N) is 1. The monoisotopic (exact) mass is 238 g/mol. The van der Waals surface area contributed by atoms with E-state index in [1.54, 1.807) is 0 Å². The van der Waals surface area contributed by atoms with Crippen LogP contribution in [0, 0.1) is 0 Å². The molecular weight excluding hydrogens is 220 g/mol. The third-order valence-electron chi connectivity index (χ3n) is 2.70. The summed E-state index contributed by atoms with van der Waals surface area (Å²) in [7, 11) is 0. The predicted molar refractivity (Wildman–Crippen MR) is 70.2 cm³/mol. The van der Waals surface area contributed by atoms with E-state index in [4.69, 9.17) is 5.14 Å². The van der Waals surface area contributed by atoms with Gasteiger partial charge in [0, 0.05) is 10.4 Å². The van der Waals surface area contributed by atoms with Crippen molar-refractivity contribution in [2.75, 3.05) is 5.32 Å². The third kappa shape index (κ3) is 4.24. The van der Waals surface area contributed by atoms with Crippen molar-refractivity contribution < 1.29 is 4.79 Å². The topological polar surface area (TPSA) is 55.1 Å². The Hall–Kier alpha value is -1.00. The molecule has 1 fully saturated rings. The second kappa shape index (κ2) is 6.55. The van der Waals surface area contributed by atoms with Crippen LogP contribution in [0.2, 0.25) is 0 Å². The summed E-state index contributed by atoms with van der Waals surface area (Å²) in [6.45, 7) is 2.20. The molecule has 0 atom stereocenters. The first kappa shape index (κ1) is 13.1. The van der Waals surface area contributed by atoms with Gasteiger partial charge in [0.05, 0.1) is 0 Å². The first-order valence-corrected chi connectivity index (χ1v) is 6.27. The molecule has 0 aliphatic heterocycles. The summed E-state index contributed by atoms with van der Waals surface area (Å²) in [6, 6.07) is 9.29. The smallest absolute Gasteiger partial charge is 0.211 e. The van der Waals surface area contributed by atoms with E-state index >= 15 is 0 Å². The van der Waals surface area contributed by atoms with Crippen molar-refractivity contribution in [2.45, 2.75) is 30.9 Å². The van der Waals surface area contributed by atoms with Crippen LogP contribution in [-0.2, 0) is 4.79 Å². The van der Waals surface area contributed by atoms with Gasteiger partial charge >= 0.3 is 0 Å². The maximum Gasteiger partial charge on any atom is 0.211 e. The summed E-state index contributed by atoms with van der Waals surface area (Å²) in [6.07, 6.45) is 4.58. The number of para-hydroxylation sites is 1. The molecule has 4 heteroatoms. The summed E-state index contributed by atoms with van der Waals surface area (Å²) < 4.78 is 0.528. The fourth-order valence-electron chi connectivity index (χ4n) is 1.30. The normalized spacial score (nSPS) is 15.6. The number of rotatable bonds is 4. The van der Waals surface area contributed by atoms with Crippen LogP contribution in [-0.4, -0.2) is 11.2 Å². The molecule has 1 aromatic rings. The van der Waals surface area contributed by atoms with Gasteiger partial charge < -0.3 is 5.32 Å². The van der Waals surface area contributed by atoms with E-state index in [0.29, 0.717) is 11.2 Å². The minimum atomic E-state index is 0.528. The molecule has 0 bridgehead atoms. The molecule has 1 aliphatic carbocycles. The Morgan fingerprint density at radius 2 is 2.06 bits per heavy atom. The number of amides is 1. The minimum absolute atomic E-state index is 0.528. The Bertz CT molecular complexity index is 306. The van der Waals surface area contributed by atoms with Crippen LogP contribution in [0.5, 0.6) is 0 Å². The summed E-state index contributed by atoms with van der Waals surface area (Å²) in [5.74, 6) is 0. The van der Waals surface area contributed by atoms with Gasteiger partial charge in [-0.15, -0.1) is 0 Å². The Labute approximate surface area is 101 Å². The molecule has 1 amide bonds. The molecule has 16 heavy (non-hydrogen) atoms. The number of hydrogen-bond donors (Lipinski definition) is 2. The van der Waals surface area contributed by atoms with Crippen LogP contribution in [0.1, 0.15) is 26.2 Å². The average molecular weight is 238 g/mol. The lowest BCUT2D eigenvalue weighted by Crippen LogP contribution is -2.02. The van der Waals surface area contributed by atoms with Gasteiger partial charge in [-0.1, -0.05) is 37.1 Å². The number of carbonyl (C=O) groups is 1. The molecule has 0 unspecified atom stereocenters. The van der Waals surface area contributed by atoms with E-state index in [1.165, 1.54) is 31.2 Å². The van der Waals surface area contributed by atoms with Crippen LogP contribution in [0.4, 0.5) is 5.69 Å². The average Bonchev–Trinajstić information content (AvgIpc) is 3.12. The van der Waals surface area contributed by atoms with E-state index in [-0.39, 0.29) is 0 Å². The lowest BCUT2D eigenvalue weighted by Gasteiger charge is -2.03. The number of benzene rings is 1. The van der Waals surface area contributed by atoms with Gasteiger partial charge in [-0.2, -0.15) is 0 Å². The molecule has 0 heterocycles. The Morgan fingerprint density at radius 1 is 1.44 bits per heavy atom. The van der Waals surface area contributed by atoms with E-state index in [9.17, 15) is 4.79 Å². The first-order valence-electron chi connectivity index (χ1n) is 5.39. The molecule has 3 nitrogen and oxygen atoms in total.